The molecule has 4 aromatic carbocycles. The molecule has 0 atom stereocenters. The van der Waals surface area contributed by atoms with Crippen molar-refractivity contribution in [3.8, 4) is 23.7 Å². The summed E-state index contributed by atoms with van der Waals surface area (Å²) < 4.78 is 15.2. The maximum absolute atomic E-state index is 15.2. The fourth-order valence-electron chi connectivity index (χ4n) is 4.43. The highest BCUT2D eigenvalue weighted by atomic mass is 19.1. The van der Waals surface area contributed by atoms with Gasteiger partial charge in [-0.3, -0.25) is 0 Å². The molecule has 0 nitrogen and oxygen atoms in total. The van der Waals surface area contributed by atoms with Crippen molar-refractivity contribution in [3.05, 3.63) is 130 Å². The average molecular weight is 499 g/mol. The third kappa shape index (κ3) is 7.71. The van der Waals surface area contributed by atoms with Gasteiger partial charge in [0.1, 0.15) is 5.82 Å². The lowest BCUT2D eigenvalue weighted by Gasteiger charge is -2.03. The molecular weight excluding hydrogens is 463 g/mol. The van der Waals surface area contributed by atoms with Gasteiger partial charge in [0.2, 0.25) is 0 Å². The van der Waals surface area contributed by atoms with Crippen LogP contribution in [0.2, 0.25) is 0 Å². The maximum atomic E-state index is 15.2. The highest BCUT2D eigenvalue weighted by Crippen LogP contribution is 2.22. The van der Waals surface area contributed by atoms with E-state index >= 15 is 4.39 Å². The van der Waals surface area contributed by atoms with Crippen molar-refractivity contribution in [2.75, 3.05) is 0 Å². The van der Waals surface area contributed by atoms with Gasteiger partial charge in [-0.25, -0.2) is 4.39 Å². The number of rotatable bonds is 8. The Labute approximate surface area is 227 Å². The fourth-order valence-corrected chi connectivity index (χ4v) is 4.43. The van der Waals surface area contributed by atoms with Gasteiger partial charge in [0.25, 0.3) is 0 Å². The first-order chi connectivity index (χ1) is 18.7. The second kappa shape index (κ2) is 14.0. The van der Waals surface area contributed by atoms with Crippen LogP contribution in [-0.4, -0.2) is 0 Å². The van der Waals surface area contributed by atoms with Crippen molar-refractivity contribution in [2.24, 2.45) is 0 Å². The molecule has 0 aliphatic heterocycles. The first-order valence-electron chi connectivity index (χ1n) is 13.7. The van der Waals surface area contributed by atoms with Crippen LogP contribution in [0.5, 0.6) is 0 Å². The number of aryl methyl sites for hydroxylation is 2. The minimum atomic E-state index is -0.285. The lowest BCUT2D eigenvalue weighted by Crippen LogP contribution is -1.88. The molecular formula is C37H35F. The molecule has 0 aromatic heterocycles. The zero-order valence-corrected chi connectivity index (χ0v) is 22.5. The van der Waals surface area contributed by atoms with Crippen LogP contribution in [0.4, 0.5) is 4.39 Å². The fraction of sp³-hybridized carbons (Fsp3) is 0.243. The van der Waals surface area contributed by atoms with Gasteiger partial charge in [-0.15, -0.1) is 0 Å². The standard InChI is InChI=1S/C37H35F/c1-3-5-7-9-11-30-12-16-31(17-13-30)20-21-33-23-27-36-35(28-33)26-25-34(37(36)38)24-22-32-18-14-29(15-19-32)10-8-6-4-2/h4,6,12-19,23,25-28H,3,5,7-11H2,1-2H3/b6-4+. The number of hydrogen-bond acceptors (Lipinski definition) is 0. The Hall–Kier alpha value is -4.07. The first-order valence-corrected chi connectivity index (χ1v) is 13.7. The molecule has 0 unspecified atom stereocenters. The van der Waals surface area contributed by atoms with Crippen LogP contribution in [0.3, 0.4) is 0 Å². The van der Waals surface area contributed by atoms with E-state index in [9.17, 15) is 0 Å². The topological polar surface area (TPSA) is 0 Å². The zero-order chi connectivity index (χ0) is 26.6. The summed E-state index contributed by atoms with van der Waals surface area (Å²) in [4.78, 5) is 0. The lowest BCUT2D eigenvalue weighted by molar-refractivity contribution is 0.636. The molecule has 0 heterocycles. The van der Waals surface area contributed by atoms with Crippen molar-refractivity contribution in [1.29, 1.82) is 0 Å². The number of fused-ring (bicyclic) bond motifs is 1. The minimum absolute atomic E-state index is 0.285. The lowest BCUT2D eigenvalue weighted by atomic mass is 10.0. The first kappa shape index (κ1) is 27.0. The quantitative estimate of drug-likeness (QED) is 0.129. The summed E-state index contributed by atoms with van der Waals surface area (Å²) >= 11 is 0. The highest BCUT2D eigenvalue weighted by Gasteiger charge is 2.06. The van der Waals surface area contributed by atoms with Gasteiger partial charge in [0.05, 0.1) is 5.56 Å². The van der Waals surface area contributed by atoms with Gasteiger partial charge >= 0.3 is 0 Å². The molecule has 4 rings (SSSR count). The average Bonchev–Trinajstić information content (AvgIpc) is 2.95. The molecule has 0 spiro atoms. The predicted molar refractivity (Wildman–Crippen MR) is 160 cm³/mol. The molecule has 0 radical (unpaired) electrons. The van der Waals surface area contributed by atoms with E-state index in [0.717, 1.165) is 41.3 Å². The molecule has 0 fully saturated rings. The minimum Gasteiger partial charge on any atom is -0.205 e. The van der Waals surface area contributed by atoms with E-state index in [1.807, 2.05) is 37.3 Å². The van der Waals surface area contributed by atoms with Crippen LogP contribution in [-0.2, 0) is 12.8 Å². The van der Waals surface area contributed by atoms with E-state index in [0.29, 0.717) is 10.9 Å². The van der Waals surface area contributed by atoms with E-state index in [2.05, 4.69) is 79.2 Å². The Balaban J connectivity index is 1.43. The smallest absolute Gasteiger partial charge is 0.146 e. The van der Waals surface area contributed by atoms with Crippen molar-refractivity contribution in [3.63, 3.8) is 0 Å². The number of allylic oxidation sites excluding steroid dienone is 2. The number of benzene rings is 4. The van der Waals surface area contributed by atoms with E-state index in [1.165, 1.54) is 36.8 Å². The van der Waals surface area contributed by atoms with Gasteiger partial charge in [0, 0.05) is 22.1 Å². The second-order valence-corrected chi connectivity index (χ2v) is 9.68. The summed E-state index contributed by atoms with van der Waals surface area (Å²) in [6.07, 6.45) is 12.5. The number of unbranched alkanes of at least 4 members (excludes halogenated alkanes) is 3. The Morgan fingerprint density at radius 3 is 1.97 bits per heavy atom. The zero-order valence-electron chi connectivity index (χ0n) is 22.5. The number of hydrogen-bond donors (Lipinski definition) is 0. The van der Waals surface area contributed by atoms with Crippen LogP contribution >= 0.6 is 0 Å². The molecule has 0 amide bonds. The Morgan fingerprint density at radius 1 is 0.658 bits per heavy atom. The summed E-state index contributed by atoms with van der Waals surface area (Å²) in [6.45, 7) is 4.27. The molecule has 0 N–H and O–H groups in total. The molecule has 0 aliphatic rings. The van der Waals surface area contributed by atoms with Crippen LogP contribution in [0, 0.1) is 29.5 Å². The second-order valence-electron chi connectivity index (χ2n) is 9.68. The maximum Gasteiger partial charge on any atom is 0.146 e. The van der Waals surface area contributed by atoms with Gasteiger partial charge in [-0.05, 0) is 91.6 Å². The van der Waals surface area contributed by atoms with Crippen molar-refractivity contribution >= 4 is 10.8 Å². The van der Waals surface area contributed by atoms with Gasteiger partial charge < -0.3 is 0 Å². The molecule has 38 heavy (non-hydrogen) atoms. The number of halogens is 1. The summed E-state index contributed by atoms with van der Waals surface area (Å²) in [5.41, 5.74) is 5.79. The summed E-state index contributed by atoms with van der Waals surface area (Å²) in [7, 11) is 0. The van der Waals surface area contributed by atoms with E-state index in [-0.39, 0.29) is 5.82 Å². The molecule has 0 aliphatic carbocycles. The monoisotopic (exact) mass is 498 g/mol. The third-order valence-corrected chi connectivity index (χ3v) is 6.71. The largest absolute Gasteiger partial charge is 0.205 e. The van der Waals surface area contributed by atoms with E-state index < -0.39 is 0 Å². The van der Waals surface area contributed by atoms with Crippen LogP contribution < -0.4 is 0 Å². The Bertz CT molecular complexity index is 1500. The van der Waals surface area contributed by atoms with Gasteiger partial charge in [-0.2, -0.15) is 0 Å². The normalized spacial score (nSPS) is 10.7. The van der Waals surface area contributed by atoms with Crippen molar-refractivity contribution in [1.82, 2.24) is 0 Å². The molecule has 0 bridgehead atoms. The molecule has 190 valence electrons. The van der Waals surface area contributed by atoms with Crippen molar-refractivity contribution in [2.45, 2.75) is 58.8 Å². The van der Waals surface area contributed by atoms with E-state index in [1.54, 1.807) is 12.1 Å². The Morgan fingerprint density at radius 2 is 1.29 bits per heavy atom. The Kier molecular flexibility index (Phi) is 9.96. The van der Waals surface area contributed by atoms with Crippen LogP contribution in [0.15, 0.2) is 91.0 Å². The van der Waals surface area contributed by atoms with Crippen LogP contribution in [0.25, 0.3) is 10.8 Å². The molecule has 0 saturated heterocycles. The van der Waals surface area contributed by atoms with Crippen LogP contribution in [0.1, 0.15) is 79.3 Å². The van der Waals surface area contributed by atoms with Crippen molar-refractivity contribution < 1.29 is 4.39 Å². The summed E-state index contributed by atoms with van der Waals surface area (Å²) in [6, 6.07) is 26.0. The molecule has 1 heteroatoms. The summed E-state index contributed by atoms with van der Waals surface area (Å²) in [5, 5.41) is 1.39. The molecule has 4 aromatic rings. The molecule has 0 saturated carbocycles. The van der Waals surface area contributed by atoms with E-state index in [4.69, 9.17) is 0 Å². The third-order valence-electron chi connectivity index (χ3n) is 6.71. The summed E-state index contributed by atoms with van der Waals surface area (Å²) in [5.74, 6) is 12.3. The van der Waals surface area contributed by atoms with Gasteiger partial charge in [0.15, 0.2) is 0 Å². The van der Waals surface area contributed by atoms with Gasteiger partial charge in [-0.1, -0.05) is 98.4 Å². The predicted octanol–water partition coefficient (Wildman–Crippen LogP) is 9.41. The SMILES string of the molecule is C/C=C/CCc1ccc(C#Cc2ccc3cc(C#Cc4ccc(CCCCCC)cc4)ccc3c2F)cc1. The highest BCUT2D eigenvalue weighted by molar-refractivity contribution is 5.86.